The molecule has 5 heteroatoms. The Morgan fingerprint density at radius 3 is 3.00 bits per heavy atom. The van der Waals surface area contributed by atoms with Crippen LogP contribution in [0.1, 0.15) is 28.2 Å². The maximum absolute atomic E-state index is 12.0. The molecule has 15 heavy (non-hydrogen) atoms. The Hall–Kier alpha value is -1.49. The van der Waals surface area contributed by atoms with Crippen molar-refractivity contribution in [2.75, 3.05) is 0 Å². The van der Waals surface area contributed by atoms with Crippen molar-refractivity contribution >= 4 is 17.1 Å². The molecular formula is C10H11N3OS. The van der Waals surface area contributed by atoms with Crippen LogP contribution in [0.15, 0.2) is 17.8 Å². The van der Waals surface area contributed by atoms with Crippen molar-refractivity contribution < 1.29 is 4.79 Å². The van der Waals surface area contributed by atoms with E-state index in [0.717, 1.165) is 11.6 Å². The minimum atomic E-state index is -0.105. The largest absolute Gasteiger partial charge is 0.328 e. The summed E-state index contributed by atoms with van der Waals surface area (Å²) in [4.78, 5) is 20.2. The lowest BCUT2D eigenvalue weighted by atomic mass is 10.3. The highest BCUT2D eigenvalue weighted by atomic mass is 32.1. The zero-order valence-electron chi connectivity index (χ0n) is 8.60. The molecule has 2 rings (SSSR count). The van der Waals surface area contributed by atoms with E-state index in [4.69, 9.17) is 0 Å². The lowest BCUT2D eigenvalue weighted by Crippen LogP contribution is -2.10. The van der Waals surface area contributed by atoms with Gasteiger partial charge in [-0.2, -0.15) is 0 Å². The second-order valence-corrected chi connectivity index (χ2v) is 4.18. The van der Waals surface area contributed by atoms with E-state index < -0.39 is 0 Å². The first-order valence-electron chi connectivity index (χ1n) is 4.70. The Morgan fingerprint density at radius 2 is 2.40 bits per heavy atom. The first-order valence-corrected chi connectivity index (χ1v) is 5.58. The quantitative estimate of drug-likeness (QED) is 0.744. The highest BCUT2D eigenvalue weighted by molar-refractivity contribution is 7.09. The number of carbonyl (C=O) groups is 1. The second kappa shape index (κ2) is 3.94. The van der Waals surface area contributed by atoms with E-state index in [1.54, 1.807) is 17.8 Å². The van der Waals surface area contributed by atoms with Gasteiger partial charge in [0.1, 0.15) is 5.69 Å². The van der Waals surface area contributed by atoms with Crippen molar-refractivity contribution in [3.05, 3.63) is 34.3 Å². The van der Waals surface area contributed by atoms with Crippen molar-refractivity contribution in [1.29, 1.82) is 0 Å². The van der Waals surface area contributed by atoms with E-state index in [-0.39, 0.29) is 5.78 Å². The average Bonchev–Trinajstić information content (AvgIpc) is 2.84. The summed E-state index contributed by atoms with van der Waals surface area (Å²) < 4.78 is 1.82. The molecule has 0 fully saturated rings. The van der Waals surface area contributed by atoms with Gasteiger partial charge in [-0.3, -0.25) is 4.79 Å². The van der Waals surface area contributed by atoms with E-state index in [1.165, 1.54) is 11.3 Å². The van der Waals surface area contributed by atoms with Crippen LogP contribution in [0, 0.1) is 6.92 Å². The van der Waals surface area contributed by atoms with Crippen LogP contribution < -0.4 is 0 Å². The lowest BCUT2D eigenvalue weighted by Gasteiger charge is -2.00. The first-order chi connectivity index (χ1) is 7.22. The molecule has 2 aromatic rings. The summed E-state index contributed by atoms with van der Waals surface area (Å²) in [5.74, 6) is 0.356. The van der Waals surface area contributed by atoms with Gasteiger partial charge in [-0.15, -0.1) is 11.3 Å². The molecule has 0 saturated heterocycles. The minimum Gasteiger partial charge on any atom is -0.328 e. The molecule has 4 nitrogen and oxygen atoms in total. The van der Waals surface area contributed by atoms with Gasteiger partial charge in [-0.1, -0.05) is 0 Å². The Kier molecular flexibility index (Phi) is 2.64. The number of imidazole rings is 1. The highest BCUT2D eigenvalue weighted by Crippen LogP contribution is 2.12. The van der Waals surface area contributed by atoms with Crippen molar-refractivity contribution in [2.24, 2.45) is 0 Å². The molecule has 78 valence electrons. The molecule has 0 bridgehead atoms. The number of ketones is 1. The number of hydrogen-bond acceptors (Lipinski definition) is 4. The zero-order chi connectivity index (χ0) is 10.8. The number of carbonyl (C=O) groups excluding carboxylic acids is 1. The number of nitrogens with zero attached hydrogens (tertiary/aromatic N) is 3. The third-order valence-corrected chi connectivity index (χ3v) is 2.88. The Labute approximate surface area is 91.6 Å². The van der Waals surface area contributed by atoms with E-state index in [2.05, 4.69) is 9.97 Å². The van der Waals surface area contributed by atoms with Gasteiger partial charge in [0, 0.05) is 24.3 Å². The summed E-state index contributed by atoms with van der Waals surface area (Å²) in [6, 6.07) is 0. The molecule has 0 spiro atoms. The second-order valence-electron chi connectivity index (χ2n) is 3.12. The smallest absolute Gasteiger partial charge is 0.247 e. The summed E-state index contributed by atoms with van der Waals surface area (Å²) in [6.07, 6.45) is 3.43. The molecule has 0 atom stereocenters. The summed E-state index contributed by atoms with van der Waals surface area (Å²) in [5.41, 5.74) is 0.485. The molecule has 0 N–H and O–H groups in total. The Bertz CT molecular complexity index is 486. The number of aromatic nitrogens is 3. The molecule has 0 aliphatic heterocycles. The van der Waals surface area contributed by atoms with Gasteiger partial charge < -0.3 is 4.57 Å². The maximum Gasteiger partial charge on any atom is 0.247 e. The fourth-order valence-electron chi connectivity index (χ4n) is 1.36. The van der Waals surface area contributed by atoms with Crippen molar-refractivity contribution in [3.8, 4) is 0 Å². The topological polar surface area (TPSA) is 47.8 Å². The van der Waals surface area contributed by atoms with Crippen LogP contribution in [0.5, 0.6) is 0 Å². The van der Waals surface area contributed by atoms with E-state index >= 15 is 0 Å². The summed E-state index contributed by atoms with van der Waals surface area (Å²) in [5, 5.41) is 2.67. The molecule has 2 aromatic heterocycles. The molecule has 0 radical (unpaired) electrons. The van der Waals surface area contributed by atoms with Crippen LogP contribution in [0.2, 0.25) is 0 Å². The van der Waals surface area contributed by atoms with Gasteiger partial charge in [0.25, 0.3) is 0 Å². The minimum absolute atomic E-state index is 0.105. The normalized spacial score (nSPS) is 10.5. The Morgan fingerprint density at radius 1 is 1.60 bits per heavy atom. The fourth-order valence-corrected chi connectivity index (χ4v) is 1.95. The van der Waals surface area contributed by atoms with Crippen LogP contribution in [0.3, 0.4) is 0 Å². The molecular weight excluding hydrogens is 210 g/mol. The van der Waals surface area contributed by atoms with Crippen molar-refractivity contribution in [3.63, 3.8) is 0 Å². The standard InChI is InChI=1S/C10H11N3OS/c1-3-13-5-4-11-10(13)9(14)8-6-15-7(2)12-8/h4-6H,3H2,1-2H3. The number of aryl methyl sites for hydroxylation is 2. The highest BCUT2D eigenvalue weighted by Gasteiger charge is 2.16. The lowest BCUT2D eigenvalue weighted by molar-refractivity contribution is 0.102. The summed E-state index contributed by atoms with van der Waals surface area (Å²) in [7, 11) is 0. The van der Waals surface area contributed by atoms with E-state index in [9.17, 15) is 4.79 Å². The molecule has 0 amide bonds. The van der Waals surface area contributed by atoms with Gasteiger partial charge in [0.2, 0.25) is 5.78 Å². The van der Waals surface area contributed by atoms with Crippen LogP contribution in [0.25, 0.3) is 0 Å². The number of thiazole rings is 1. The van der Waals surface area contributed by atoms with Gasteiger partial charge in [-0.05, 0) is 13.8 Å². The van der Waals surface area contributed by atoms with Crippen molar-refractivity contribution in [2.45, 2.75) is 20.4 Å². The van der Waals surface area contributed by atoms with Gasteiger partial charge in [0.05, 0.1) is 5.01 Å². The maximum atomic E-state index is 12.0. The van der Waals surface area contributed by atoms with E-state index in [0.29, 0.717) is 11.5 Å². The average molecular weight is 221 g/mol. The third kappa shape index (κ3) is 1.83. The SMILES string of the molecule is CCn1ccnc1C(=O)c1csc(C)n1. The monoisotopic (exact) mass is 221 g/mol. The molecule has 0 aromatic carbocycles. The number of rotatable bonds is 3. The molecule has 0 unspecified atom stereocenters. The molecule has 0 aliphatic rings. The van der Waals surface area contributed by atoms with Gasteiger partial charge >= 0.3 is 0 Å². The van der Waals surface area contributed by atoms with Gasteiger partial charge in [-0.25, -0.2) is 9.97 Å². The van der Waals surface area contributed by atoms with E-state index in [1.807, 2.05) is 18.4 Å². The molecule has 0 aliphatic carbocycles. The molecule has 0 saturated carbocycles. The Balaban J connectivity index is 2.36. The van der Waals surface area contributed by atoms with Crippen molar-refractivity contribution in [1.82, 2.24) is 14.5 Å². The fraction of sp³-hybridized carbons (Fsp3) is 0.300. The predicted octanol–water partition coefficient (Wildman–Crippen LogP) is 1.90. The van der Waals surface area contributed by atoms with Crippen LogP contribution in [-0.2, 0) is 6.54 Å². The third-order valence-electron chi connectivity index (χ3n) is 2.11. The first kappa shape index (κ1) is 10.0. The van der Waals surface area contributed by atoms with Crippen LogP contribution in [-0.4, -0.2) is 20.3 Å². The van der Waals surface area contributed by atoms with Crippen LogP contribution in [0.4, 0.5) is 0 Å². The number of hydrogen-bond donors (Lipinski definition) is 0. The van der Waals surface area contributed by atoms with Gasteiger partial charge in [0.15, 0.2) is 5.82 Å². The van der Waals surface area contributed by atoms with Crippen LogP contribution >= 0.6 is 11.3 Å². The zero-order valence-corrected chi connectivity index (χ0v) is 9.41. The predicted molar refractivity (Wildman–Crippen MR) is 58.2 cm³/mol. The molecule has 2 heterocycles. The summed E-state index contributed by atoms with van der Waals surface area (Å²) in [6.45, 7) is 4.60. The summed E-state index contributed by atoms with van der Waals surface area (Å²) >= 11 is 1.47.